The van der Waals surface area contributed by atoms with Crippen molar-refractivity contribution in [3.8, 4) is 0 Å². The van der Waals surface area contributed by atoms with E-state index in [4.69, 9.17) is 0 Å². The van der Waals surface area contributed by atoms with Gasteiger partial charge in [0, 0.05) is 32.1 Å². The number of hydrogen-bond acceptors (Lipinski definition) is 4. The van der Waals surface area contributed by atoms with Crippen LogP contribution in [0, 0.1) is 5.92 Å². The van der Waals surface area contributed by atoms with E-state index in [2.05, 4.69) is 59.0 Å². The zero-order valence-corrected chi connectivity index (χ0v) is 21.6. The smallest absolute Gasteiger partial charge is 0.225 e. The van der Waals surface area contributed by atoms with E-state index in [1.54, 1.807) is 0 Å². The Kier molecular flexibility index (Phi) is 8.08. The van der Waals surface area contributed by atoms with E-state index in [1.165, 1.54) is 5.56 Å². The van der Waals surface area contributed by atoms with Crippen molar-refractivity contribution >= 4 is 15.7 Å². The minimum absolute atomic E-state index is 0.0306. The number of sulfone groups is 1. The summed E-state index contributed by atoms with van der Waals surface area (Å²) in [6.07, 6.45) is 2.49. The number of carbonyl (C=O) groups excluding carboxylic acids is 1. The summed E-state index contributed by atoms with van der Waals surface area (Å²) in [5.74, 6) is 0.822. The third-order valence-corrected chi connectivity index (χ3v) is 9.64. The number of amides is 1. The number of nitrogens with one attached hydrogen (secondary N) is 1. The van der Waals surface area contributed by atoms with Gasteiger partial charge in [-0.05, 0) is 60.1 Å². The molecule has 32 heavy (non-hydrogen) atoms. The van der Waals surface area contributed by atoms with Gasteiger partial charge in [-0.3, -0.25) is 4.79 Å². The van der Waals surface area contributed by atoms with Crippen molar-refractivity contribution in [1.29, 1.82) is 0 Å². The molecule has 0 atom stereocenters. The summed E-state index contributed by atoms with van der Waals surface area (Å²) in [4.78, 5) is 15.4. The van der Waals surface area contributed by atoms with Crippen molar-refractivity contribution in [3.05, 3.63) is 28.8 Å². The molecule has 1 aliphatic heterocycles. The summed E-state index contributed by atoms with van der Waals surface area (Å²) in [6.45, 7) is 15.9. The van der Waals surface area contributed by atoms with Gasteiger partial charge >= 0.3 is 0 Å². The maximum Gasteiger partial charge on any atom is 0.225 e. The molecule has 1 aromatic rings. The Morgan fingerprint density at radius 1 is 0.875 bits per heavy atom. The van der Waals surface area contributed by atoms with E-state index < -0.39 is 15.1 Å². The number of carbonyl (C=O) groups is 1. The van der Waals surface area contributed by atoms with Crippen LogP contribution in [0.5, 0.6) is 0 Å². The average molecular weight is 463 g/mol. The summed E-state index contributed by atoms with van der Waals surface area (Å²) >= 11 is 0. The molecule has 0 aromatic heterocycles. The van der Waals surface area contributed by atoms with Crippen LogP contribution < -0.4 is 5.32 Å². The van der Waals surface area contributed by atoms with Crippen LogP contribution in [-0.4, -0.2) is 50.7 Å². The zero-order chi connectivity index (χ0) is 23.6. The van der Waals surface area contributed by atoms with Crippen LogP contribution in [0.1, 0.15) is 102 Å². The van der Waals surface area contributed by atoms with Gasteiger partial charge in [0.2, 0.25) is 5.91 Å². The topological polar surface area (TPSA) is 66.5 Å². The fourth-order valence-electron chi connectivity index (χ4n) is 5.15. The largest absolute Gasteiger partial charge is 0.340 e. The number of benzene rings is 1. The van der Waals surface area contributed by atoms with Crippen LogP contribution in [0.2, 0.25) is 0 Å². The van der Waals surface area contributed by atoms with Crippen LogP contribution >= 0.6 is 0 Å². The van der Waals surface area contributed by atoms with Gasteiger partial charge in [0.05, 0.1) is 10.1 Å². The normalized spacial score (nSPS) is 22.7. The third-order valence-electron chi connectivity index (χ3n) is 7.25. The first-order valence-electron chi connectivity index (χ1n) is 12.4. The minimum atomic E-state index is -3.46. The Bertz CT molecular complexity index is 878. The molecule has 1 heterocycles. The lowest BCUT2D eigenvalue weighted by molar-refractivity contribution is -0.137. The molecule has 1 saturated heterocycles. The molecule has 2 aliphatic rings. The maximum atomic E-state index is 14.0. The number of nitrogens with zero attached hydrogens (tertiary/aromatic N) is 1. The van der Waals surface area contributed by atoms with Crippen LogP contribution in [-0.2, 0) is 14.6 Å². The Balaban J connectivity index is 1.87. The lowest BCUT2D eigenvalue weighted by Gasteiger charge is -2.34. The van der Waals surface area contributed by atoms with Gasteiger partial charge < -0.3 is 10.2 Å². The first-order chi connectivity index (χ1) is 15.0. The van der Waals surface area contributed by atoms with Crippen molar-refractivity contribution in [2.24, 2.45) is 5.92 Å². The molecule has 6 heteroatoms. The van der Waals surface area contributed by atoms with Crippen molar-refractivity contribution < 1.29 is 13.2 Å². The van der Waals surface area contributed by atoms with Gasteiger partial charge in [-0.2, -0.15) is 0 Å². The second-order valence-electron chi connectivity index (χ2n) is 10.6. The Morgan fingerprint density at radius 3 is 1.81 bits per heavy atom. The first kappa shape index (κ1) is 25.2. The van der Waals surface area contributed by atoms with Gasteiger partial charge in [-0.25, -0.2) is 8.42 Å². The number of piperazine rings is 1. The molecule has 3 rings (SSSR count). The fourth-order valence-corrected chi connectivity index (χ4v) is 7.62. The lowest BCUT2D eigenvalue weighted by Crippen LogP contribution is -2.49. The van der Waals surface area contributed by atoms with Crippen LogP contribution in [0.25, 0.3) is 0 Å². The van der Waals surface area contributed by atoms with Gasteiger partial charge in [-0.1, -0.05) is 53.7 Å². The predicted octanol–water partition coefficient (Wildman–Crippen LogP) is 4.82. The molecule has 0 unspecified atom stereocenters. The molecular formula is C26H42N2O3S. The van der Waals surface area contributed by atoms with E-state index in [0.29, 0.717) is 36.5 Å². The van der Waals surface area contributed by atoms with Gasteiger partial charge in [0.1, 0.15) is 0 Å². The number of rotatable bonds is 6. The van der Waals surface area contributed by atoms with Gasteiger partial charge in [0.25, 0.3) is 0 Å². The number of hydrogen-bond donors (Lipinski definition) is 1. The summed E-state index contributed by atoms with van der Waals surface area (Å²) in [6, 6.07) is 4.24. The molecule has 0 spiro atoms. The second kappa shape index (κ2) is 10.3. The minimum Gasteiger partial charge on any atom is -0.340 e. The molecule has 1 amide bonds. The summed E-state index contributed by atoms with van der Waals surface area (Å²) < 4.78 is 28.0. The quantitative estimate of drug-likeness (QED) is 0.658. The van der Waals surface area contributed by atoms with Gasteiger partial charge in [-0.15, -0.1) is 0 Å². The standard InChI is InChI=1S/C26H42N2O3S/c1-17(2)21-15-23(18(3)4)25(24(16-21)19(5)6)32(30,31)22-9-7-20(8-10-22)26(29)28-13-11-27-12-14-28/h15-20,22,27H,7-14H2,1-6H3. The van der Waals surface area contributed by atoms with Crippen molar-refractivity contribution in [2.45, 2.75) is 95.1 Å². The summed E-state index contributed by atoms with van der Waals surface area (Å²) in [5, 5.41) is 2.89. The Labute approximate surface area is 195 Å². The van der Waals surface area contributed by atoms with Crippen LogP contribution in [0.15, 0.2) is 17.0 Å². The molecule has 2 fully saturated rings. The summed E-state index contributed by atoms with van der Waals surface area (Å²) in [5.41, 5.74) is 3.12. The second-order valence-corrected chi connectivity index (χ2v) is 12.8. The van der Waals surface area contributed by atoms with E-state index in [1.807, 2.05) is 4.90 Å². The molecule has 1 N–H and O–H groups in total. The highest BCUT2D eigenvalue weighted by Crippen LogP contribution is 2.40. The van der Waals surface area contributed by atoms with E-state index in [0.717, 1.165) is 37.3 Å². The van der Waals surface area contributed by atoms with Crippen molar-refractivity contribution in [1.82, 2.24) is 10.2 Å². The molecular weight excluding hydrogens is 420 g/mol. The summed E-state index contributed by atoms with van der Waals surface area (Å²) in [7, 11) is -3.46. The molecule has 0 radical (unpaired) electrons. The molecule has 1 aliphatic carbocycles. The Morgan fingerprint density at radius 2 is 1.38 bits per heavy atom. The van der Waals surface area contributed by atoms with Gasteiger partial charge in [0.15, 0.2) is 9.84 Å². The molecule has 1 aromatic carbocycles. The Hall–Kier alpha value is -1.40. The molecule has 1 saturated carbocycles. The highest BCUT2D eigenvalue weighted by atomic mass is 32.2. The highest BCUT2D eigenvalue weighted by molar-refractivity contribution is 7.92. The van der Waals surface area contributed by atoms with Crippen molar-refractivity contribution in [3.63, 3.8) is 0 Å². The monoisotopic (exact) mass is 462 g/mol. The maximum absolute atomic E-state index is 14.0. The fraction of sp³-hybridized carbons (Fsp3) is 0.731. The zero-order valence-electron chi connectivity index (χ0n) is 20.8. The van der Waals surface area contributed by atoms with Crippen LogP contribution in [0.3, 0.4) is 0 Å². The predicted molar refractivity (Wildman–Crippen MR) is 131 cm³/mol. The average Bonchev–Trinajstić information content (AvgIpc) is 2.78. The highest BCUT2D eigenvalue weighted by Gasteiger charge is 2.38. The third kappa shape index (κ3) is 5.22. The van der Waals surface area contributed by atoms with Crippen LogP contribution in [0.4, 0.5) is 0 Å². The lowest BCUT2D eigenvalue weighted by atomic mass is 9.87. The van der Waals surface area contributed by atoms with E-state index in [9.17, 15) is 13.2 Å². The first-order valence-corrected chi connectivity index (χ1v) is 14.0. The van der Waals surface area contributed by atoms with E-state index in [-0.39, 0.29) is 23.7 Å². The van der Waals surface area contributed by atoms with Crippen molar-refractivity contribution in [2.75, 3.05) is 26.2 Å². The molecule has 180 valence electrons. The molecule has 0 bridgehead atoms. The SMILES string of the molecule is CC(C)c1cc(C(C)C)c(S(=O)(=O)C2CCC(C(=O)N3CCNCC3)CC2)c(C(C)C)c1. The van der Waals surface area contributed by atoms with E-state index >= 15 is 0 Å². The molecule has 5 nitrogen and oxygen atoms in total.